The summed E-state index contributed by atoms with van der Waals surface area (Å²) in [4.78, 5) is 41.0. The Bertz CT molecular complexity index is 1420. The van der Waals surface area contributed by atoms with Gasteiger partial charge in [-0.15, -0.1) is 0 Å². The molecule has 3 heterocycles. The number of aromatic amines is 1. The van der Waals surface area contributed by atoms with Crippen molar-refractivity contribution in [2.24, 2.45) is 5.41 Å². The molecule has 1 aliphatic rings. The molecule has 0 radical (unpaired) electrons. The summed E-state index contributed by atoms with van der Waals surface area (Å²) in [5, 5.41) is 10.6. The van der Waals surface area contributed by atoms with Gasteiger partial charge in [-0.25, -0.2) is 13.9 Å². The lowest BCUT2D eigenvalue weighted by atomic mass is 9.80. The smallest absolute Gasteiger partial charge is 0.380 e. The van der Waals surface area contributed by atoms with Crippen molar-refractivity contribution in [2.75, 3.05) is 18.5 Å². The van der Waals surface area contributed by atoms with E-state index in [2.05, 4.69) is 25.8 Å². The Balaban J connectivity index is 1.45. The highest BCUT2D eigenvalue weighted by atomic mass is 19.4. The van der Waals surface area contributed by atoms with Crippen molar-refractivity contribution in [2.45, 2.75) is 25.6 Å². The van der Waals surface area contributed by atoms with Gasteiger partial charge >= 0.3 is 6.18 Å². The predicted octanol–water partition coefficient (Wildman–Crippen LogP) is 3.50. The number of Topliss-reactive ketones (excluding diaryl/α,β-unsaturated/α-hetero) is 1. The molecule has 1 atom stereocenters. The Morgan fingerprint density at radius 1 is 1.13 bits per heavy atom. The average molecular weight is 537 g/mol. The number of nitrogens with zero attached hydrogens (tertiary/aromatic N) is 2. The highest BCUT2D eigenvalue weighted by Crippen LogP contribution is 2.37. The molecule has 0 aliphatic carbocycles. The van der Waals surface area contributed by atoms with Crippen molar-refractivity contribution in [3.05, 3.63) is 81.5 Å². The molecule has 9 nitrogen and oxygen atoms in total. The van der Waals surface area contributed by atoms with E-state index in [0.29, 0.717) is 6.07 Å². The highest BCUT2D eigenvalue weighted by Gasteiger charge is 2.44. The summed E-state index contributed by atoms with van der Waals surface area (Å²) >= 11 is 0. The van der Waals surface area contributed by atoms with Gasteiger partial charge < -0.3 is 15.4 Å². The largest absolute Gasteiger partial charge is 0.418 e. The van der Waals surface area contributed by atoms with Crippen molar-refractivity contribution in [3.63, 3.8) is 0 Å². The van der Waals surface area contributed by atoms with Crippen LogP contribution in [0.1, 0.15) is 34.5 Å². The van der Waals surface area contributed by atoms with Crippen LogP contribution in [-0.2, 0) is 22.3 Å². The molecule has 1 saturated heterocycles. The first kappa shape index (κ1) is 26.9. The number of carbonyl (C=O) groups excluding carboxylic acids is 2. The molecule has 0 unspecified atom stereocenters. The fourth-order valence-corrected chi connectivity index (χ4v) is 3.98. The van der Waals surface area contributed by atoms with Crippen LogP contribution in [0.25, 0.3) is 0 Å². The maximum Gasteiger partial charge on any atom is 0.418 e. The molecule has 0 bridgehead atoms. The number of aromatic nitrogens is 3. The molecule has 1 amide bonds. The molecule has 14 heteroatoms. The second-order valence-corrected chi connectivity index (χ2v) is 8.66. The number of carbonyl (C=O) groups is 2. The van der Waals surface area contributed by atoms with Crippen LogP contribution in [0.2, 0.25) is 0 Å². The van der Waals surface area contributed by atoms with Crippen LogP contribution < -0.4 is 16.2 Å². The van der Waals surface area contributed by atoms with Gasteiger partial charge in [0.05, 0.1) is 53.6 Å². The van der Waals surface area contributed by atoms with Crippen LogP contribution in [0, 0.1) is 17.0 Å². The number of benzene rings is 1. The van der Waals surface area contributed by atoms with E-state index < -0.39 is 51.7 Å². The minimum Gasteiger partial charge on any atom is -0.380 e. The number of H-pyrrole nitrogens is 1. The van der Waals surface area contributed by atoms with Crippen LogP contribution >= 0.6 is 0 Å². The van der Waals surface area contributed by atoms with E-state index >= 15 is 0 Å². The van der Waals surface area contributed by atoms with Gasteiger partial charge in [-0.1, -0.05) is 0 Å². The Morgan fingerprint density at radius 3 is 2.58 bits per heavy atom. The first-order chi connectivity index (χ1) is 18.0. The van der Waals surface area contributed by atoms with E-state index in [4.69, 9.17) is 4.74 Å². The van der Waals surface area contributed by atoms with Crippen LogP contribution in [0.15, 0.2) is 47.5 Å². The summed E-state index contributed by atoms with van der Waals surface area (Å²) in [6.07, 6.45) is -2.69. The third-order valence-corrected chi connectivity index (χ3v) is 5.97. The van der Waals surface area contributed by atoms with Crippen molar-refractivity contribution in [1.82, 2.24) is 20.5 Å². The van der Waals surface area contributed by atoms with Gasteiger partial charge in [0, 0.05) is 30.7 Å². The van der Waals surface area contributed by atoms with Crippen molar-refractivity contribution >= 4 is 23.1 Å². The van der Waals surface area contributed by atoms with Crippen molar-refractivity contribution in [3.8, 4) is 0 Å². The lowest BCUT2D eigenvalue weighted by Crippen LogP contribution is -2.43. The average Bonchev–Trinajstić information content (AvgIpc) is 3.33. The molecule has 1 fully saturated rings. The number of hydrogen-bond acceptors (Lipinski definition) is 7. The lowest BCUT2D eigenvalue weighted by molar-refractivity contribution is -0.137. The number of pyridine rings is 1. The summed E-state index contributed by atoms with van der Waals surface area (Å²) in [5.74, 6) is -3.10. The fraction of sp³-hybridized carbons (Fsp3) is 0.292. The SMILES string of the molecule is O=C(C[C@@]1(C(=O)NCc2ncc(Nc3ccc(F)cc3C(F)(F)F)cc2F)CCOC1)c1cn[nH]c(=O)c1. The van der Waals surface area contributed by atoms with Crippen molar-refractivity contribution in [1.29, 1.82) is 0 Å². The molecule has 3 N–H and O–H groups in total. The van der Waals surface area contributed by atoms with E-state index in [0.717, 1.165) is 30.5 Å². The van der Waals surface area contributed by atoms with Gasteiger partial charge in [-0.2, -0.15) is 18.3 Å². The number of halogens is 5. The summed E-state index contributed by atoms with van der Waals surface area (Å²) in [5.41, 5.74) is -3.92. The number of hydrogen-bond donors (Lipinski definition) is 3. The van der Waals surface area contributed by atoms with E-state index in [9.17, 15) is 36.3 Å². The Morgan fingerprint density at radius 2 is 1.92 bits per heavy atom. The fourth-order valence-electron chi connectivity index (χ4n) is 3.98. The Hall–Kier alpha value is -4.20. The standard InChI is InChI=1S/C24H20F5N5O4/c25-14-1-2-18(16(6-14)24(27,28)29)33-15-7-17(26)19(30-10-15)11-31-22(37)23(3-4-38-12-23)8-20(35)13-5-21(36)34-32-9-13/h1-2,5-7,9-10,33H,3-4,8,11-12H2,(H,31,37)(H,34,36)/t23-/m0/s1. The van der Waals surface area contributed by atoms with E-state index in [1.807, 2.05) is 0 Å². The summed E-state index contributed by atoms with van der Waals surface area (Å²) < 4.78 is 73.0. The van der Waals surface area contributed by atoms with Crippen LogP contribution in [-0.4, -0.2) is 40.1 Å². The van der Waals surface area contributed by atoms with E-state index in [1.165, 1.54) is 6.20 Å². The third-order valence-electron chi connectivity index (χ3n) is 5.97. The van der Waals surface area contributed by atoms with Gasteiger partial charge in [-0.3, -0.25) is 19.4 Å². The monoisotopic (exact) mass is 537 g/mol. The molecular weight excluding hydrogens is 517 g/mol. The Labute approximate surface area is 211 Å². The zero-order valence-corrected chi connectivity index (χ0v) is 19.5. The third kappa shape index (κ3) is 6.02. The second-order valence-electron chi connectivity index (χ2n) is 8.66. The first-order valence-corrected chi connectivity index (χ1v) is 11.2. The molecule has 38 heavy (non-hydrogen) atoms. The van der Waals surface area contributed by atoms with Gasteiger partial charge in [0.15, 0.2) is 5.78 Å². The molecule has 0 spiro atoms. The number of rotatable bonds is 8. The summed E-state index contributed by atoms with van der Waals surface area (Å²) in [7, 11) is 0. The maximum atomic E-state index is 14.7. The molecular formula is C24H20F5N5O4. The minimum atomic E-state index is -4.85. The summed E-state index contributed by atoms with van der Waals surface area (Å²) in [6.45, 7) is -0.235. The number of ether oxygens (including phenoxy) is 1. The quantitative estimate of drug-likeness (QED) is 0.297. The number of anilines is 2. The molecule has 2 aromatic heterocycles. The Kier molecular flexibility index (Phi) is 7.53. The topological polar surface area (TPSA) is 126 Å². The number of ketones is 1. The zero-order chi connectivity index (χ0) is 27.5. The van der Waals surface area contributed by atoms with E-state index in [-0.39, 0.29) is 49.5 Å². The van der Waals surface area contributed by atoms with Crippen LogP contribution in [0.5, 0.6) is 0 Å². The van der Waals surface area contributed by atoms with E-state index in [1.54, 1.807) is 0 Å². The van der Waals surface area contributed by atoms with Crippen LogP contribution in [0.4, 0.5) is 33.3 Å². The van der Waals surface area contributed by atoms with Crippen LogP contribution in [0.3, 0.4) is 0 Å². The predicted molar refractivity (Wildman–Crippen MR) is 122 cm³/mol. The number of nitrogens with one attached hydrogen (secondary N) is 3. The number of alkyl halides is 3. The minimum absolute atomic E-state index is 0.0264. The van der Waals surface area contributed by atoms with Gasteiger partial charge in [-0.05, 0) is 24.6 Å². The molecule has 1 aliphatic heterocycles. The molecule has 1 aromatic carbocycles. The second kappa shape index (κ2) is 10.7. The number of amides is 1. The van der Waals surface area contributed by atoms with Gasteiger partial charge in [0.1, 0.15) is 11.6 Å². The highest BCUT2D eigenvalue weighted by molar-refractivity contribution is 5.99. The molecule has 4 rings (SSSR count). The first-order valence-electron chi connectivity index (χ1n) is 11.2. The zero-order valence-electron chi connectivity index (χ0n) is 19.5. The normalized spacial score (nSPS) is 17.3. The maximum absolute atomic E-state index is 14.7. The molecule has 3 aromatic rings. The van der Waals surface area contributed by atoms with Crippen molar-refractivity contribution < 1.29 is 36.3 Å². The molecule has 0 saturated carbocycles. The molecule has 200 valence electrons. The lowest BCUT2D eigenvalue weighted by Gasteiger charge is -2.25. The van der Waals surface area contributed by atoms with Gasteiger partial charge in [0.2, 0.25) is 5.91 Å². The summed E-state index contributed by atoms with van der Waals surface area (Å²) in [6, 6.07) is 3.96. The van der Waals surface area contributed by atoms with Gasteiger partial charge in [0.25, 0.3) is 5.56 Å².